The van der Waals surface area contributed by atoms with Crippen molar-refractivity contribution in [3.8, 4) is 5.75 Å². The molecule has 1 aromatic carbocycles. The molecular formula is C25H27NO4S. The lowest BCUT2D eigenvalue weighted by atomic mass is 9.70. The first kappa shape index (κ1) is 21.4. The molecule has 1 N–H and O–H groups in total. The summed E-state index contributed by atoms with van der Waals surface area (Å²) in [5.74, 6) is 0.0674. The van der Waals surface area contributed by atoms with E-state index in [4.69, 9.17) is 9.47 Å². The number of esters is 1. The highest BCUT2D eigenvalue weighted by Gasteiger charge is 2.43. The number of dihydropyridines is 1. The van der Waals surface area contributed by atoms with Gasteiger partial charge in [0, 0.05) is 28.3 Å². The average molecular weight is 438 g/mol. The third-order valence-corrected chi connectivity index (χ3v) is 6.75. The van der Waals surface area contributed by atoms with E-state index in [9.17, 15) is 9.59 Å². The van der Waals surface area contributed by atoms with Crippen LogP contribution in [0.25, 0.3) is 0 Å². The highest BCUT2D eigenvalue weighted by atomic mass is 32.1. The summed E-state index contributed by atoms with van der Waals surface area (Å²) in [5, 5.41) is 5.34. The molecule has 0 amide bonds. The molecule has 6 heteroatoms. The Balaban J connectivity index is 1.64. The van der Waals surface area contributed by atoms with Crippen LogP contribution in [-0.4, -0.2) is 18.9 Å². The summed E-state index contributed by atoms with van der Waals surface area (Å²) in [4.78, 5) is 27.4. The van der Waals surface area contributed by atoms with Gasteiger partial charge in [-0.15, -0.1) is 11.3 Å². The molecule has 1 atom stereocenters. The molecular weight excluding hydrogens is 410 g/mol. The fraction of sp³-hybridized carbons (Fsp3) is 0.360. The Hall–Kier alpha value is -2.86. The molecule has 4 rings (SSSR count). The van der Waals surface area contributed by atoms with Crippen molar-refractivity contribution in [2.45, 2.75) is 46.1 Å². The second-order valence-electron chi connectivity index (χ2n) is 8.87. The van der Waals surface area contributed by atoms with E-state index in [1.165, 1.54) is 0 Å². The minimum absolute atomic E-state index is 0.102. The van der Waals surface area contributed by atoms with Crippen LogP contribution in [0, 0.1) is 5.41 Å². The predicted octanol–water partition coefficient (Wildman–Crippen LogP) is 5.10. The summed E-state index contributed by atoms with van der Waals surface area (Å²) < 4.78 is 10.9. The molecule has 0 saturated heterocycles. The molecule has 0 saturated carbocycles. The van der Waals surface area contributed by atoms with E-state index in [0.717, 1.165) is 34.0 Å². The van der Waals surface area contributed by atoms with E-state index < -0.39 is 5.97 Å². The number of hydrogen-bond donors (Lipinski definition) is 1. The van der Waals surface area contributed by atoms with Gasteiger partial charge in [0.25, 0.3) is 0 Å². The molecule has 0 fully saturated rings. The number of rotatable bonds is 5. The first-order chi connectivity index (χ1) is 14.8. The molecule has 1 aliphatic carbocycles. The van der Waals surface area contributed by atoms with Crippen molar-refractivity contribution < 1.29 is 19.1 Å². The van der Waals surface area contributed by atoms with Crippen molar-refractivity contribution in [1.29, 1.82) is 0 Å². The Morgan fingerprint density at radius 1 is 1.19 bits per heavy atom. The molecule has 0 spiro atoms. The van der Waals surface area contributed by atoms with Gasteiger partial charge in [0.2, 0.25) is 0 Å². The van der Waals surface area contributed by atoms with Crippen molar-refractivity contribution in [3.63, 3.8) is 0 Å². The Kier molecular flexibility index (Phi) is 5.75. The summed E-state index contributed by atoms with van der Waals surface area (Å²) in [7, 11) is 1.61. The van der Waals surface area contributed by atoms with Crippen molar-refractivity contribution in [2.75, 3.05) is 7.11 Å². The van der Waals surface area contributed by atoms with E-state index in [1.807, 2.05) is 48.7 Å². The number of allylic oxidation sites excluding steroid dienone is 3. The maximum Gasteiger partial charge on any atom is 0.337 e. The Labute approximate surface area is 186 Å². The molecule has 0 bridgehead atoms. The minimum Gasteiger partial charge on any atom is -0.497 e. The zero-order valence-electron chi connectivity index (χ0n) is 18.3. The Bertz CT molecular complexity index is 1060. The van der Waals surface area contributed by atoms with Gasteiger partial charge in [-0.1, -0.05) is 32.0 Å². The summed E-state index contributed by atoms with van der Waals surface area (Å²) in [6.45, 7) is 6.26. The molecule has 0 unspecified atom stereocenters. The molecule has 31 heavy (non-hydrogen) atoms. The van der Waals surface area contributed by atoms with E-state index in [0.29, 0.717) is 17.6 Å². The second-order valence-corrected chi connectivity index (χ2v) is 9.85. The smallest absolute Gasteiger partial charge is 0.337 e. The van der Waals surface area contributed by atoms with Gasteiger partial charge in [-0.3, -0.25) is 4.79 Å². The molecule has 2 aromatic rings. The third-order valence-electron chi connectivity index (χ3n) is 5.82. The number of carbonyl (C=O) groups excluding carboxylic acids is 2. The van der Waals surface area contributed by atoms with E-state index >= 15 is 0 Å². The van der Waals surface area contributed by atoms with Gasteiger partial charge in [0.1, 0.15) is 12.4 Å². The lowest BCUT2D eigenvalue weighted by molar-refractivity contribution is -0.140. The highest BCUT2D eigenvalue weighted by Crippen LogP contribution is 2.47. The monoisotopic (exact) mass is 437 g/mol. The first-order valence-electron chi connectivity index (χ1n) is 10.4. The number of hydrogen-bond acceptors (Lipinski definition) is 6. The zero-order valence-corrected chi connectivity index (χ0v) is 19.1. The quantitative estimate of drug-likeness (QED) is 0.659. The minimum atomic E-state index is -0.400. The number of ketones is 1. The number of ether oxygens (including phenoxy) is 2. The molecule has 0 radical (unpaired) electrons. The Morgan fingerprint density at radius 3 is 2.58 bits per heavy atom. The molecule has 2 aliphatic rings. The number of nitrogens with one attached hydrogen (secondary N) is 1. The molecule has 1 aromatic heterocycles. The van der Waals surface area contributed by atoms with Crippen LogP contribution in [-0.2, 0) is 20.9 Å². The van der Waals surface area contributed by atoms with Gasteiger partial charge in [-0.2, -0.15) is 0 Å². The second kappa shape index (κ2) is 8.35. The van der Waals surface area contributed by atoms with Crippen molar-refractivity contribution in [3.05, 3.63) is 74.8 Å². The van der Waals surface area contributed by atoms with Crippen LogP contribution in [0.15, 0.2) is 64.3 Å². The average Bonchev–Trinajstić information content (AvgIpc) is 3.25. The van der Waals surface area contributed by atoms with Gasteiger partial charge >= 0.3 is 5.97 Å². The standard InChI is InChI=1S/C25H27NO4S/c1-15-21(24(28)30-14-16-7-9-17(29-4)10-8-16)23(20-6-5-11-31-20)22-18(26-15)12-25(2,3)13-19(22)27/h5-11,23,26H,12-14H2,1-4H3/t23-/m0/s1. The van der Waals surface area contributed by atoms with Crippen LogP contribution in [0.4, 0.5) is 0 Å². The van der Waals surface area contributed by atoms with Crippen LogP contribution in [0.3, 0.4) is 0 Å². The van der Waals surface area contributed by atoms with E-state index in [2.05, 4.69) is 19.2 Å². The topological polar surface area (TPSA) is 64.6 Å². The van der Waals surface area contributed by atoms with Crippen LogP contribution >= 0.6 is 11.3 Å². The van der Waals surface area contributed by atoms with Crippen molar-refractivity contribution in [2.24, 2.45) is 5.41 Å². The van der Waals surface area contributed by atoms with E-state index in [1.54, 1.807) is 18.4 Å². The van der Waals surface area contributed by atoms with Crippen LogP contribution in [0.2, 0.25) is 0 Å². The maximum atomic E-state index is 13.2. The predicted molar refractivity (Wildman–Crippen MR) is 121 cm³/mol. The van der Waals surface area contributed by atoms with Gasteiger partial charge in [0.15, 0.2) is 5.78 Å². The molecule has 1 aliphatic heterocycles. The fourth-order valence-corrected chi connectivity index (χ4v) is 5.24. The van der Waals surface area contributed by atoms with Crippen LogP contribution in [0.5, 0.6) is 5.75 Å². The molecule has 5 nitrogen and oxygen atoms in total. The third kappa shape index (κ3) is 4.30. The van der Waals surface area contributed by atoms with Crippen molar-refractivity contribution in [1.82, 2.24) is 5.32 Å². The lowest BCUT2D eigenvalue weighted by Gasteiger charge is -2.39. The van der Waals surface area contributed by atoms with Crippen LogP contribution in [0.1, 0.15) is 50.0 Å². The normalized spacial score (nSPS) is 20.3. The summed E-state index contributed by atoms with van der Waals surface area (Å²) in [5.41, 5.74) is 3.69. The number of methoxy groups -OCH3 is 1. The van der Waals surface area contributed by atoms with Gasteiger partial charge in [-0.05, 0) is 47.9 Å². The largest absolute Gasteiger partial charge is 0.497 e. The number of Topliss-reactive ketones (excluding diaryl/α,β-unsaturated/α-hetero) is 1. The van der Waals surface area contributed by atoms with Gasteiger partial charge < -0.3 is 14.8 Å². The molecule has 162 valence electrons. The van der Waals surface area contributed by atoms with Gasteiger partial charge in [-0.25, -0.2) is 4.79 Å². The summed E-state index contributed by atoms with van der Waals surface area (Å²) in [6.07, 6.45) is 1.25. The lowest BCUT2D eigenvalue weighted by Crippen LogP contribution is -2.38. The summed E-state index contributed by atoms with van der Waals surface area (Å²) >= 11 is 1.56. The Morgan fingerprint density at radius 2 is 1.94 bits per heavy atom. The van der Waals surface area contributed by atoms with Crippen LogP contribution < -0.4 is 10.1 Å². The summed E-state index contributed by atoms with van der Waals surface area (Å²) in [6, 6.07) is 11.4. The SMILES string of the molecule is COc1ccc(COC(=O)C2=C(C)NC3=C(C(=O)CC(C)(C)C3)[C@H]2c2cccs2)cc1. The molecule has 2 heterocycles. The fourth-order valence-electron chi connectivity index (χ4n) is 4.40. The number of carbonyl (C=O) groups is 2. The number of thiophene rings is 1. The zero-order chi connectivity index (χ0) is 22.2. The number of benzene rings is 1. The van der Waals surface area contributed by atoms with Gasteiger partial charge in [0.05, 0.1) is 18.6 Å². The van der Waals surface area contributed by atoms with E-state index in [-0.39, 0.29) is 23.7 Å². The van der Waals surface area contributed by atoms with Crippen molar-refractivity contribution >= 4 is 23.1 Å². The first-order valence-corrected chi connectivity index (χ1v) is 11.2. The highest BCUT2D eigenvalue weighted by molar-refractivity contribution is 7.10. The maximum absolute atomic E-state index is 13.2.